The highest BCUT2D eigenvalue weighted by molar-refractivity contribution is 5.78. The summed E-state index contributed by atoms with van der Waals surface area (Å²) in [6.45, 7) is 3.21. The van der Waals surface area contributed by atoms with Crippen molar-refractivity contribution in [3.8, 4) is 6.07 Å². The van der Waals surface area contributed by atoms with Crippen LogP contribution in [0.25, 0.3) is 5.52 Å². The van der Waals surface area contributed by atoms with Crippen LogP contribution < -0.4 is 4.90 Å². The number of rotatable bonds is 4. The van der Waals surface area contributed by atoms with Gasteiger partial charge in [-0.3, -0.25) is 4.79 Å². The van der Waals surface area contributed by atoms with Crippen LogP contribution in [0.3, 0.4) is 0 Å². The predicted molar refractivity (Wildman–Crippen MR) is 92.4 cm³/mol. The minimum absolute atomic E-state index is 0.0148. The molecule has 2 aromatic rings. The van der Waals surface area contributed by atoms with Crippen LogP contribution in [0, 0.1) is 27.4 Å². The van der Waals surface area contributed by atoms with Crippen LogP contribution in [0.15, 0.2) is 18.5 Å². The summed E-state index contributed by atoms with van der Waals surface area (Å²) in [7, 11) is 1.86. The Morgan fingerprint density at radius 1 is 1.54 bits per heavy atom. The molecule has 0 unspecified atom stereocenters. The lowest BCUT2D eigenvalue weighted by molar-refractivity contribution is -0.390. The van der Waals surface area contributed by atoms with E-state index in [9.17, 15) is 14.9 Å². The molecule has 3 heterocycles. The van der Waals surface area contributed by atoms with E-state index in [4.69, 9.17) is 5.26 Å². The molecule has 3 rings (SSSR count). The Kier molecular flexibility index (Phi) is 4.71. The van der Waals surface area contributed by atoms with Crippen LogP contribution in [0.4, 0.5) is 11.6 Å². The van der Waals surface area contributed by atoms with Gasteiger partial charge in [-0.05, 0) is 23.3 Å². The summed E-state index contributed by atoms with van der Waals surface area (Å²) in [5.41, 5.74) is 0.536. The lowest BCUT2D eigenvalue weighted by atomic mass is 9.92. The van der Waals surface area contributed by atoms with Gasteiger partial charge in [-0.25, -0.2) is 4.98 Å². The molecule has 1 aliphatic rings. The first-order valence-corrected chi connectivity index (χ1v) is 8.28. The first-order chi connectivity index (χ1) is 12.4. The van der Waals surface area contributed by atoms with E-state index >= 15 is 0 Å². The second-order valence-electron chi connectivity index (χ2n) is 6.45. The van der Waals surface area contributed by atoms with Crippen molar-refractivity contribution in [3.63, 3.8) is 0 Å². The second-order valence-corrected chi connectivity index (χ2v) is 6.45. The van der Waals surface area contributed by atoms with Crippen LogP contribution in [0.5, 0.6) is 0 Å². The monoisotopic (exact) mass is 357 g/mol. The zero-order valence-corrected chi connectivity index (χ0v) is 14.6. The van der Waals surface area contributed by atoms with Crippen molar-refractivity contribution in [1.82, 2.24) is 19.5 Å². The molecular formula is C16H19N7O3. The molecule has 10 heteroatoms. The molecule has 2 atom stereocenters. The molecule has 10 nitrogen and oxygen atoms in total. The van der Waals surface area contributed by atoms with Gasteiger partial charge in [0.15, 0.2) is 17.7 Å². The predicted octanol–water partition coefficient (Wildman–Crippen LogP) is 1.22. The Balaban J connectivity index is 1.91. The van der Waals surface area contributed by atoms with E-state index in [2.05, 4.69) is 17.0 Å². The fourth-order valence-electron chi connectivity index (χ4n) is 3.43. The third-order valence-corrected chi connectivity index (χ3v) is 4.93. The van der Waals surface area contributed by atoms with Crippen molar-refractivity contribution >= 4 is 23.1 Å². The van der Waals surface area contributed by atoms with Crippen LogP contribution in [0.1, 0.15) is 19.8 Å². The number of likely N-dealkylation sites (tertiary alicyclic amines) is 1. The van der Waals surface area contributed by atoms with Crippen molar-refractivity contribution < 1.29 is 9.72 Å². The topological polar surface area (TPSA) is 121 Å². The van der Waals surface area contributed by atoms with E-state index in [1.165, 1.54) is 16.9 Å². The Labute approximate surface area is 149 Å². The number of piperidine rings is 1. The Bertz CT molecular complexity index is 888. The van der Waals surface area contributed by atoms with E-state index in [1.807, 2.05) is 18.0 Å². The highest BCUT2D eigenvalue weighted by atomic mass is 16.6. The first-order valence-electron chi connectivity index (χ1n) is 8.28. The number of hydrogen-bond donors (Lipinski definition) is 0. The standard InChI is InChI=1S/C16H19N7O3/c1-11-6-8-21(15(24)5-7-17)9-13(11)20(2)16-12-3-4-14(23(25)26)22(12)19-10-18-16/h3-4,10-11,13H,5-6,8-9H2,1-2H3/t11-,13+/m1/s1. The number of fused-ring (bicyclic) bond motifs is 1. The maximum absolute atomic E-state index is 12.1. The lowest BCUT2D eigenvalue weighted by Crippen LogP contribution is -2.52. The Morgan fingerprint density at radius 2 is 2.31 bits per heavy atom. The SMILES string of the molecule is C[C@@H]1CCN(C(=O)CC#N)C[C@@H]1N(C)c1ncnn2c([N+](=O)[O-])ccc12. The van der Waals surface area contributed by atoms with Gasteiger partial charge in [-0.15, -0.1) is 0 Å². The summed E-state index contributed by atoms with van der Waals surface area (Å²) in [4.78, 5) is 30.7. The van der Waals surface area contributed by atoms with Gasteiger partial charge in [-0.1, -0.05) is 16.5 Å². The number of hydrogen-bond acceptors (Lipinski definition) is 7. The molecule has 1 aliphatic heterocycles. The number of likely N-dealkylation sites (N-methyl/N-ethyl adjacent to an activating group) is 1. The van der Waals surface area contributed by atoms with E-state index in [-0.39, 0.29) is 24.2 Å². The summed E-state index contributed by atoms with van der Waals surface area (Å²) >= 11 is 0. The number of anilines is 1. The molecular weight excluding hydrogens is 338 g/mol. The molecule has 1 fully saturated rings. The average molecular weight is 357 g/mol. The normalized spacial score (nSPS) is 20.0. The molecule has 0 saturated carbocycles. The van der Waals surface area contributed by atoms with Crippen molar-refractivity contribution in [2.45, 2.75) is 25.8 Å². The van der Waals surface area contributed by atoms with E-state index in [0.29, 0.717) is 30.3 Å². The fourth-order valence-corrected chi connectivity index (χ4v) is 3.43. The van der Waals surface area contributed by atoms with E-state index in [0.717, 1.165) is 6.42 Å². The quantitative estimate of drug-likeness (QED) is 0.596. The molecule has 26 heavy (non-hydrogen) atoms. The zero-order valence-electron chi connectivity index (χ0n) is 14.6. The van der Waals surface area contributed by atoms with E-state index < -0.39 is 4.92 Å². The van der Waals surface area contributed by atoms with Gasteiger partial charge < -0.3 is 19.9 Å². The van der Waals surface area contributed by atoms with Gasteiger partial charge in [0.1, 0.15) is 6.42 Å². The highest BCUT2D eigenvalue weighted by Crippen LogP contribution is 2.29. The van der Waals surface area contributed by atoms with Crippen LogP contribution >= 0.6 is 0 Å². The van der Waals surface area contributed by atoms with Gasteiger partial charge in [0.25, 0.3) is 0 Å². The first kappa shape index (κ1) is 17.6. The number of carbonyl (C=O) groups is 1. The number of nitrogens with zero attached hydrogens (tertiary/aromatic N) is 7. The minimum atomic E-state index is -0.491. The summed E-state index contributed by atoms with van der Waals surface area (Å²) in [5.74, 6) is 0.564. The third kappa shape index (κ3) is 3.03. The smallest absolute Gasteiger partial charge is 0.348 e. The molecule has 1 saturated heterocycles. The largest absolute Gasteiger partial charge is 0.358 e. The van der Waals surface area contributed by atoms with Crippen LogP contribution in [-0.2, 0) is 4.79 Å². The van der Waals surface area contributed by atoms with Gasteiger partial charge in [0.05, 0.1) is 12.1 Å². The fraction of sp³-hybridized carbons (Fsp3) is 0.500. The maximum Gasteiger partial charge on any atom is 0.348 e. The van der Waals surface area contributed by atoms with Crippen molar-refractivity contribution in [2.75, 3.05) is 25.0 Å². The van der Waals surface area contributed by atoms with Gasteiger partial charge in [0.2, 0.25) is 5.91 Å². The Hall–Kier alpha value is -3.22. The number of amides is 1. The lowest BCUT2D eigenvalue weighted by Gasteiger charge is -2.41. The molecule has 0 aliphatic carbocycles. The van der Waals surface area contributed by atoms with Crippen molar-refractivity contribution in [1.29, 1.82) is 5.26 Å². The van der Waals surface area contributed by atoms with E-state index in [1.54, 1.807) is 11.0 Å². The number of carbonyl (C=O) groups excluding carboxylic acids is 1. The van der Waals surface area contributed by atoms with Crippen molar-refractivity contribution in [3.05, 3.63) is 28.6 Å². The molecule has 0 aromatic carbocycles. The van der Waals surface area contributed by atoms with Crippen molar-refractivity contribution in [2.24, 2.45) is 5.92 Å². The van der Waals surface area contributed by atoms with Crippen LogP contribution in [-0.4, -0.2) is 56.5 Å². The number of nitriles is 1. The summed E-state index contributed by atoms with van der Waals surface area (Å²) in [6, 6.07) is 4.90. The molecule has 0 bridgehead atoms. The minimum Gasteiger partial charge on any atom is -0.358 e. The van der Waals surface area contributed by atoms with Crippen LogP contribution in [0.2, 0.25) is 0 Å². The summed E-state index contributed by atoms with van der Waals surface area (Å²) in [5, 5.41) is 23.9. The molecule has 0 radical (unpaired) electrons. The molecule has 0 spiro atoms. The maximum atomic E-state index is 12.1. The molecule has 1 amide bonds. The molecule has 0 N–H and O–H groups in total. The number of nitro groups is 1. The highest BCUT2D eigenvalue weighted by Gasteiger charge is 2.33. The summed E-state index contributed by atoms with van der Waals surface area (Å²) in [6.07, 6.45) is 1.97. The Morgan fingerprint density at radius 3 is 3.00 bits per heavy atom. The number of aromatic nitrogens is 3. The van der Waals surface area contributed by atoms with Gasteiger partial charge in [0, 0.05) is 26.2 Å². The molecule has 2 aromatic heterocycles. The third-order valence-electron chi connectivity index (χ3n) is 4.93. The average Bonchev–Trinajstić information content (AvgIpc) is 3.06. The van der Waals surface area contributed by atoms with Gasteiger partial charge >= 0.3 is 5.82 Å². The molecule has 136 valence electrons. The zero-order chi connectivity index (χ0) is 18.8. The summed E-state index contributed by atoms with van der Waals surface area (Å²) < 4.78 is 1.25. The second kappa shape index (κ2) is 6.95. The van der Waals surface area contributed by atoms with Gasteiger partial charge in [-0.2, -0.15) is 5.26 Å².